The molecule has 0 aliphatic heterocycles. The van der Waals surface area contributed by atoms with Crippen molar-refractivity contribution in [3.63, 3.8) is 0 Å². The van der Waals surface area contributed by atoms with Gasteiger partial charge >= 0.3 is 0 Å². The van der Waals surface area contributed by atoms with Crippen molar-refractivity contribution in [3.05, 3.63) is 66.0 Å². The van der Waals surface area contributed by atoms with Gasteiger partial charge in [-0.1, -0.05) is 47.7 Å². The smallest absolute Gasteiger partial charge is 0.171 e. The normalized spacial score (nSPS) is 11.8. The second-order valence-electron chi connectivity index (χ2n) is 6.64. The van der Waals surface area contributed by atoms with Crippen molar-refractivity contribution in [2.24, 2.45) is 7.05 Å². The van der Waals surface area contributed by atoms with Gasteiger partial charge in [0, 0.05) is 28.9 Å². The molecule has 3 heterocycles. The van der Waals surface area contributed by atoms with E-state index < -0.39 is 0 Å². The third-order valence-electron chi connectivity index (χ3n) is 4.85. The van der Waals surface area contributed by atoms with Crippen LogP contribution in [0.4, 0.5) is 0 Å². The summed E-state index contributed by atoms with van der Waals surface area (Å²) in [4.78, 5) is 7.09. The highest BCUT2D eigenvalue weighted by Crippen LogP contribution is 2.35. The zero-order valence-electron chi connectivity index (χ0n) is 14.9. The highest BCUT2D eigenvalue weighted by molar-refractivity contribution is 7.99. The van der Waals surface area contributed by atoms with E-state index in [1.807, 2.05) is 10.7 Å². The second-order valence-corrected chi connectivity index (χ2v) is 7.72. The summed E-state index contributed by atoms with van der Waals surface area (Å²) in [6.45, 7) is 4.16. The number of nitrogens with zero attached hydrogens (tertiary/aromatic N) is 4. The lowest BCUT2D eigenvalue weighted by Crippen LogP contribution is -1.98. The van der Waals surface area contributed by atoms with Crippen molar-refractivity contribution in [1.29, 1.82) is 0 Å². The number of para-hydroxylation sites is 1. The molecule has 0 fully saturated rings. The molecule has 0 aliphatic carbocycles. The Morgan fingerprint density at radius 1 is 0.923 bits per heavy atom. The Balaban J connectivity index is 1.77. The van der Waals surface area contributed by atoms with Gasteiger partial charge in [-0.3, -0.25) is 0 Å². The Kier molecular flexibility index (Phi) is 3.34. The van der Waals surface area contributed by atoms with Crippen LogP contribution in [0.15, 0.2) is 64.5 Å². The molecule has 5 rings (SSSR count). The summed E-state index contributed by atoms with van der Waals surface area (Å²) in [5, 5.41) is 7.16. The molecule has 2 aromatic carbocycles. The third kappa shape index (κ3) is 2.17. The Labute approximate surface area is 155 Å². The lowest BCUT2D eigenvalue weighted by molar-refractivity contribution is 0.888. The number of aromatic nitrogens is 4. The maximum absolute atomic E-state index is 4.82. The lowest BCUT2D eigenvalue weighted by Gasteiger charge is -2.03. The summed E-state index contributed by atoms with van der Waals surface area (Å²) in [6.07, 6.45) is 1.98. The van der Waals surface area contributed by atoms with Crippen LogP contribution in [0.1, 0.15) is 11.3 Å². The molecule has 0 saturated heterocycles. The van der Waals surface area contributed by atoms with Gasteiger partial charge in [-0.25, -0.2) is 4.98 Å². The van der Waals surface area contributed by atoms with Crippen LogP contribution < -0.4 is 0 Å². The van der Waals surface area contributed by atoms with Crippen LogP contribution in [0.2, 0.25) is 0 Å². The van der Waals surface area contributed by atoms with Gasteiger partial charge < -0.3 is 4.57 Å². The molecule has 128 valence electrons. The van der Waals surface area contributed by atoms with Gasteiger partial charge in [-0.2, -0.15) is 9.61 Å². The fourth-order valence-electron chi connectivity index (χ4n) is 3.52. The molecular formula is C21H18N4S. The molecular weight excluding hydrogens is 340 g/mol. The van der Waals surface area contributed by atoms with Crippen LogP contribution in [0.25, 0.3) is 27.6 Å². The van der Waals surface area contributed by atoms with Crippen molar-refractivity contribution < 1.29 is 0 Å². The standard InChI is InChI=1S/C21H18N4S/c1-13-8-10-15(11-9-13)26-19-14(2)23-25-20(19)22-12-17-16-6-4-5-7-18(16)24(3)21(17)25/h4-12H,1-3H3. The number of rotatable bonds is 2. The van der Waals surface area contributed by atoms with Crippen LogP contribution in [-0.4, -0.2) is 19.2 Å². The van der Waals surface area contributed by atoms with E-state index in [0.29, 0.717) is 0 Å². The average Bonchev–Trinajstić information content (AvgIpc) is 3.12. The first-order valence-corrected chi connectivity index (χ1v) is 9.41. The fourth-order valence-corrected chi connectivity index (χ4v) is 4.45. The Morgan fingerprint density at radius 2 is 1.69 bits per heavy atom. The van der Waals surface area contributed by atoms with Crippen LogP contribution >= 0.6 is 11.8 Å². The molecule has 0 saturated carbocycles. The van der Waals surface area contributed by atoms with Crippen LogP contribution in [-0.2, 0) is 7.05 Å². The average molecular weight is 358 g/mol. The van der Waals surface area contributed by atoms with Gasteiger partial charge in [-0.05, 0) is 32.0 Å². The number of fused-ring (bicyclic) bond motifs is 5. The number of hydrogen-bond acceptors (Lipinski definition) is 3. The molecule has 0 amide bonds. The highest BCUT2D eigenvalue weighted by Gasteiger charge is 2.18. The molecule has 0 spiro atoms. The molecule has 0 unspecified atom stereocenters. The van der Waals surface area contributed by atoms with Gasteiger partial charge in [0.2, 0.25) is 0 Å². The van der Waals surface area contributed by atoms with E-state index in [9.17, 15) is 0 Å². The zero-order chi connectivity index (χ0) is 17.8. The van der Waals surface area contributed by atoms with Gasteiger partial charge in [0.1, 0.15) is 5.65 Å². The van der Waals surface area contributed by atoms with Gasteiger partial charge in [0.05, 0.1) is 16.1 Å². The van der Waals surface area contributed by atoms with E-state index in [0.717, 1.165) is 27.3 Å². The van der Waals surface area contributed by atoms with Crippen LogP contribution in [0.3, 0.4) is 0 Å². The van der Waals surface area contributed by atoms with Gasteiger partial charge in [0.25, 0.3) is 0 Å². The third-order valence-corrected chi connectivity index (χ3v) is 6.04. The van der Waals surface area contributed by atoms with Crippen molar-refractivity contribution in [2.75, 3.05) is 0 Å². The summed E-state index contributed by atoms with van der Waals surface area (Å²) >= 11 is 1.73. The Hall–Kier alpha value is -2.79. The number of hydrogen-bond donors (Lipinski definition) is 0. The van der Waals surface area contributed by atoms with Crippen molar-refractivity contribution in [3.8, 4) is 0 Å². The summed E-state index contributed by atoms with van der Waals surface area (Å²) < 4.78 is 4.19. The molecule has 5 heteroatoms. The van der Waals surface area contributed by atoms with E-state index in [-0.39, 0.29) is 0 Å². The summed E-state index contributed by atoms with van der Waals surface area (Å²) in [7, 11) is 2.09. The number of aryl methyl sites for hydroxylation is 3. The molecule has 0 bridgehead atoms. The van der Waals surface area contributed by atoms with Gasteiger partial charge in [-0.15, -0.1) is 0 Å². The van der Waals surface area contributed by atoms with E-state index in [2.05, 4.69) is 74.0 Å². The summed E-state index contributed by atoms with van der Waals surface area (Å²) in [6, 6.07) is 17.0. The molecule has 4 nitrogen and oxygen atoms in total. The molecule has 0 atom stereocenters. The van der Waals surface area contributed by atoms with Crippen LogP contribution in [0, 0.1) is 13.8 Å². The second kappa shape index (κ2) is 5.61. The molecule has 0 N–H and O–H groups in total. The molecule has 5 aromatic rings. The molecule has 26 heavy (non-hydrogen) atoms. The SMILES string of the molecule is Cc1ccc(Sc2c(C)nn3c2ncc2c4ccccc4n(C)c23)cc1. The van der Waals surface area contributed by atoms with E-state index >= 15 is 0 Å². The van der Waals surface area contributed by atoms with E-state index in [1.165, 1.54) is 21.4 Å². The highest BCUT2D eigenvalue weighted by atomic mass is 32.2. The Morgan fingerprint density at radius 3 is 2.50 bits per heavy atom. The predicted molar refractivity (Wildman–Crippen MR) is 107 cm³/mol. The first kappa shape index (κ1) is 15.5. The monoisotopic (exact) mass is 358 g/mol. The predicted octanol–water partition coefficient (Wildman–Crippen LogP) is 5.14. The van der Waals surface area contributed by atoms with Crippen molar-refractivity contribution in [2.45, 2.75) is 23.6 Å². The van der Waals surface area contributed by atoms with Gasteiger partial charge in [0.15, 0.2) is 5.65 Å². The molecule has 0 aliphatic rings. The van der Waals surface area contributed by atoms with E-state index in [4.69, 9.17) is 10.1 Å². The minimum atomic E-state index is 0.909. The summed E-state index contributed by atoms with van der Waals surface area (Å²) in [5.74, 6) is 0. The lowest BCUT2D eigenvalue weighted by atomic mass is 10.2. The minimum Gasteiger partial charge on any atom is -0.328 e. The Bertz CT molecular complexity index is 1280. The maximum Gasteiger partial charge on any atom is 0.171 e. The maximum atomic E-state index is 4.82. The van der Waals surface area contributed by atoms with Crippen molar-refractivity contribution in [1.82, 2.24) is 19.2 Å². The van der Waals surface area contributed by atoms with E-state index in [1.54, 1.807) is 11.8 Å². The fraction of sp³-hybridized carbons (Fsp3) is 0.143. The quantitative estimate of drug-likeness (QED) is 0.438. The zero-order valence-corrected chi connectivity index (χ0v) is 15.7. The first-order chi connectivity index (χ1) is 12.6. The first-order valence-electron chi connectivity index (χ1n) is 8.59. The number of benzene rings is 2. The molecule has 0 radical (unpaired) electrons. The summed E-state index contributed by atoms with van der Waals surface area (Å²) in [5.41, 5.74) is 5.45. The van der Waals surface area contributed by atoms with Crippen molar-refractivity contribution >= 4 is 39.3 Å². The topological polar surface area (TPSA) is 35.1 Å². The van der Waals surface area contributed by atoms with Crippen LogP contribution in [0.5, 0.6) is 0 Å². The largest absolute Gasteiger partial charge is 0.328 e. The minimum absolute atomic E-state index is 0.909. The molecule has 3 aromatic heterocycles.